The number of halogens is 1. The molecule has 2 aliphatic heterocycles. The van der Waals surface area contributed by atoms with Gasteiger partial charge in [0.15, 0.2) is 6.21 Å². The Morgan fingerprint density at radius 2 is 1.89 bits per heavy atom. The van der Waals surface area contributed by atoms with Crippen LogP contribution in [0.3, 0.4) is 0 Å². The van der Waals surface area contributed by atoms with Crippen molar-refractivity contribution >= 4 is 50.2 Å². The van der Waals surface area contributed by atoms with E-state index in [1.54, 1.807) is 37.3 Å². The minimum atomic E-state index is -3.75. The van der Waals surface area contributed by atoms with Gasteiger partial charge in [-0.25, -0.2) is 17.8 Å². The minimum Gasteiger partial charge on any atom is -0.368 e. The van der Waals surface area contributed by atoms with Crippen LogP contribution in [-0.4, -0.2) is 71.6 Å². The summed E-state index contributed by atoms with van der Waals surface area (Å²) in [6.45, 7) is 5.97. The summed E-state index contributed by atoms with van der Waals surface area (Å²) >= 11 is 0.995. The lowest BCUT2D eigenvalue weighted by atomic mass is 10.1. The molecule has 3 aromatic rings. The van der Waals surface area contributed by atoms with Crippen LogP contribution in [0.1, 0.15) is 19.7 Å². The zero-order valence-corrected chi connectivity index (χ0v) is 21.5. The summed E-state index contributed by atoms with van der Waals surface area (Å²) in [6, 6.07) is 11.0. The van der Waals surface area contributed by atoms with Gasteiger partial charge in [-0.05, 0) is 43.3 Å². The number of carbonyl (C=O) groups is 1. The van der Waals surface area contributed by atoms with E-state index in [0.29, 0.717) is 38.4 Å². The number of rotatable bonds is 6. The lowest BCUT2D eigenvalue weighted by Crippen LogP contribution is -2.52. The van der Waals surface area contributed by atoms with Crippen LogP contribution in [0.5, 0.6) is 0 Å². The van der Waals surface area contributed by atoms with Gasteiger partial charge in [-0.15, -0.1) is 0 Å². The van der Waals surface area contributed by atoms with Crippen LogP contribution in [0.15, 0.2) is 47.4 Å². The summed E-state index contributed by atoms with van der Waals surface area (Å²) in [5, 5.41) is 0.230. The molecule has 1 saturated heterocycles. The summed E-state index contributed by atoms with van der Waals surface area (Å²) in [6.07, 6.45) is 2.56. The molecule has 2 aliphatic rings. The molecule has 5 rings (SSSR count). The van der Waals surface area contributed by atoms with Crippen LogP contribution in [-0.2, 0) is 21.2 Å². The Labute approximate surface area is 214 Å². The summed E-state index contributed by atoms with van der Waals surface area (Å²) in [4.78, 5) is 21.4. The predicted octanol–water partition coefficient (Wildman–Crippen LogP) is 3.04. The Morgan fingerprint density at radius 1 is 1.17 bits per heavy atom. The largest absolute Gasteiger partial charge is 0.368 e. The van der Waals surface area contributed by atoms with E-state index in [-0.39, 0.29) is 29.2 Å². The van der Waals surface area contributed by atoms with Gasteiger partial charge in [-0.2, -0.15) is 8.95 Å². The first-order valence-electron chi connectivity index (χ1n) is 11.6. The molecular formula is C24H28FN6O3S2+. The van der Waals surface area contributed by atoms with Crippen LogP contribution < -0.4 is 9.62 Å². The Hall–Kier alpha value is -3.38. The quantitative estimate of drug-likeness (QED) is 0.491. The molecule has 1 N–H and O–H groups in total. The lowest BCUT2D eigenvalue weighted by molar-refractivity contribution is -0.460. The van der Waals surface area contributed by atoms with Gasteiger partial charge in [0.1, 0.15) is 11.6 Å². The normalized spacial score (nSPS) is 16.5. The molecule has 0 bridgehead atoms. The van der Waals surface area contributed by atoms with Crippen molar-refractivity contribution in [2.45, 2.75) is 31.2 Å². The smallest absolute Gasteiger partial charge is 0.291 e. The number of aryl methyl sites for hydroxylation is 1. The molecule has 12 heteroatoms. The van der Waals surface area contributed by atoms with E-state index >= 15 is 0 Å². The van der Waals surface area contributed by atoms with Crippen molar-refractivity contribution in [1.82, 2.24) is 14.3 Å². The Balaban J connectivity index is 0.00000320. The van der Waals surface area contributed by atoms with Gasteiger partial charge >= 0.3 is 0 Å². The number of fused-ring (bicyclic) bond motifs is 1. The van der Waals surface area contributed by atoms with Gasteiger partial charge in [-0.1, -0.05) is 0 Å². The van der Waals surface area contributed by atoms with Crippen molar-refractivity contribution in [2.24, 2.45) is 0 Å². The lowest BCUT2D eigenvalue weighted by Gasteiger charge is -2.36. The first kappa shape index (κ1) is 24.3. The molecule has 2 aromatic carbocycles. The maximum atomic E-state index is 13.5. The van der Waals surface area contributed by atoms with Crippen LogP contribution in [0.4, 0.5) is 20.9 Å². The van der Waals surface area contributed by atoms with Crippen LogP contribution in [0.25, 0.3) is 0 Å². The molecule has 0 radical (unpaired) electrons. The van der Waals surface area contributed by atoms with E-state index in [1.165, 1.54) is 12.1 Å². The van der Waals surface area contributed by atoms with Crippen molar-refractivity contribution in [3.8, 4) is 0 Å². The van der Waals surface area contributed by atoms with Crippen molar-refractivity contribution in [3.63, 3.8) is 0 Å². The molecule has 1 atom stereocenters. The van der Waals surface area contributed by atoms with Crippen molar-refractivity contribution in [3.05, 3.63) is 59.7 Å². The number of piperazine rings is 1. The van der Waals surface area contributed by atoms with E-state index < -0.39 is 10.0 Å². The number of nitrogens with one attached hydrogen (secondary N) is 1. The maximum absolute atomic E-state index is 13.5. The van der Waals surface area contributed by atoms with E-state index in [9.17, 15) is 17.6 Å². The fourth-order valence-corrected chi connectivity index (χ4v) is 6.35. The van der Waals surface area contributed by atoms with Crippen LogP contribution >= 0.6 is 11.5 Å². The topological polar surface area (TPSA) is 98.5 Å². The molecule has 0 spiro atoms. The van der Waals surface area contributed by atoms with Gasteiger partial charge in [0.25, 0.3) is 15.9 Å². The molecule has 3 heterocycles. The standard InChI is InChI=1S/C24H26FN6O3S2.H2/c1-16(31-10-9-18-15-19(25)3-8-22(18)31)23(32)30-13-11-29(12-14-30)20-4-6-21(7-5-20)36(33,34)28-24-26-17(2)27-35-24;/h3-8,10,15-16H,9,11-14H2,1-2H3,(H,26,27,28);1H/q+1;. The Kier molecular flexibility index (Phi) is 6.47. The third-order valence-corrected chi connectivity index (χ3v) is 8.66. The van der Waals surface area contributed by atoms with Gasteiger partial charge in [0, 0.05) is 63.4 Å². The maximum Gasteiger partial charge on any atom is 0.291 e. The van der Waals surface area contributed by atoms with E-state index in [0.717, 1.165) is 28.5 Å². The van der Waals surface area contributed by atoms with Crippen molar-refractivity contribution in [1.29, 1.82) is 0 Å². The highest BCUT2D eigenvalue weighted by Gasteiger charge is 2.35. The number of anilines is 2. The van der Waals surface area contributed by atoms with E-state index in [2.05, 4.69) is 19.0 Å². The fraction of sp³-hybridized carbons (Fsp3) is 0.333. The molecule has 9 nitrogen and oxygen atoms in total. The molecule has 1 amide bonds. The predicted molar refractivity (Wildman–Crippen MR) is 138 cm³/mol. The molecule has 0 saturated carbocycles. The summed E-state index contributed by atoms with van der Waals surface area (Å²) in [7, 11) is -3.75. The number of hydrogen-bond acceptors (Lipinski definition) is 7. The molecule has 0 aliphatic carbocycles. The first-order valence-corrected chi connectivity index (χ1v) is 13.8. The van der Waals surface area contributed by atoms with Crippen LogP contribution in [0, 0.1) is 12.7 Å². The number of nitrogens with zero attached hydrogens (tertiary/aromatic N) is 5. The van der Waals surface area contributed by atoms with Gasteiger partial charge in [0.2, 0.25) is 16.9 Å². The molecule has 1 fully saturated rings. The highest BCUT2D eigenvalue weighted by atomic mass is 32.2. The van der Waals surface area contributed by atoms with Crippen LogP contribution in [0.2, 0.25) is 0 Å². The number of sulfonamides is 1. The summed E-state index contributed by atoms with van der Waals surface area (Å²) in [5.41, 5.74) is 2.66. The SMILES string of the molecule is Cc1nsc(NS(=O)(=O)c2ccc(N3CCN(C(=O)C(C)[N+]4=CCc5cc(F)ccc54)CC3)cc2)n1.[HH]. The molecule has 36 heavy (non-hydrogen) atoms. The third kappa shape index (κ3) is 4.82. The average Bonchev–Trinajstić information content (AvgIpc) is 3.48. The number of amides is 1. The Morgan fingerprint density at radius 3 is 2.56 bits per heavy atom. The summed E-state index contributed by atoms with van der Waals surface area (Å²) < 4.78 is 47.2. The number of hydrogen-bond donors (Lipinski definition) is 1. The number of aromatic nitrogens is 2. The summed E-state index contributed by atoms with van der Waals surface area (Å²) in [5.74, 6) is 0.272. The molecule has 1 aromatic heterocycles. The minimum absolute atomic E-state index is 0. The third-order valence-electron chi connectivity index (χ3n) is 6.46. The zero-order valence-electron chi connectivity index (χ0n) is 19.9. The first-order chi connectivity index (χ1) is 17.2. The van der Waals surface area contributed by atoms with Crippen molar-refractivity contribution in [2.75, 3.05) is 35.8 Å². The van der Waals surface area contributed by atoms with Gasteiger partial charge in [-0.3, -0.25) is 9.52 Å². The number of benzene rings is 2. The van der Waals surface area contributed by atoms with E-state index in [1.807, 2.05) is 22.6 Å². The number of carbonyl (C=O) groups excluding carboxylic acids is 1. The highest BCUT2D eigenvalue weighted by molar-refractivity contribution is 7.93. The second kappa shape index (κ2) is 9.58. The van der Waals surface area contributed by atoms with Crippen molar-refractivity contribution < 1.29 is 23.6 Å². The van der Waals surface area contributed by atoms with Gasteiger partial charge < -0.3 is 9.80 Å². The monoisotopic (exact) mass is 531 g/mol. The molecular weight excluding hydrogens is 503 g/mol. The highest BCUT2D eigenvalue weighted by Crippen LogP contribution is 2.27. The Bertz CT molecular complexity index is 1440. The van der Waals surface area contributed by atoms with Gasteiger partial charge in [0.05, 0.1) is 11.3 Å². The second-order valence-corrected chi connectivity index (χ2v) is 11.2. The second-order valence-electron chi connectivity index (χ2n) is 8.80. The molecule has 1 unspecified atom stereocenters. The fourth-order valence-electron chi connectivity index (χ4n) is 4.55. The zero-order chi connectivity index (χ0) is 25.4. The average molecular weight is 532 g/mol. The van der Waals surface area contributed by atoms with E-state index in [4.69, 9.17) is 0 Å². The molecule has 190 valence electrons.